The Morgan fingerprint density at radius 2 is 1.27 bits per heavy atom. The third kappa shape index (κ3) is 5.93. The van der Waals surface area contributed by atoms with Crippen LogP contribution in [0.1, 0.15) is 91.0 Å². The molecule has 0 bridgehead atoms. The van der Waals surface area contributed by atoms with Crippen LogP contribution in [0.15, 0.2) is 53.1 Å². The summed E-state index contributed by atoms with van der Waals surface area (Å²) in [6, 6.07) is 16.7. The number of carbonyl (C=O) groups is 2. The fourth-order valence-electron chi connectivity index (χ4n) is 8.30. The quantitative estimate of drug-likeness (QED) is 0.187. The Balaban J connectivity index is 0.969. The highest BCUT2D eigenvalue weighted by molar-refractivity contribution is 9.10. The van der Waals surface area contributed by atoms with Gasteiger partial charge in [-0.25, -0.2) is 19.6 Å². The molecule has 0 radical (unpaired) electrons. The number of H-pyrrole nitrogens is 2. The smallest absolute Gasteiger partial charge is 0.411 e. The van der Waals surface area contributed by atoms with Crippen molar-refractivity contribution < 1.29 is 19.1 Å². The third-order valence-corrected chi connectivity index (χ3v) is 11.7. The first kappa shape index (κ1) is 33.7. The van der Waals surface area contributed by atoms with E-state index < -0.39 is 11.2 Å². The summed E-state index contributed by atoms with van der Waals surface area (Å²) in [5.41, 5.74) is 4.40. The molecule has 2 saturated carbocycles. The molecule has 4 heterocycles. The number of likely N-dealkylation sites (tertiary alicyclic amines) is 2. The summed E-state index contributed by atoms with van der Waals surface area (Å²) < 4.78 is 12.3. The molecule has 2 saturated heterocycles. The molecule has 2 aromatic heterocycles. The number of aromatic amines is 2. The summed E-state index contributed by atoms with van der Waals surface area (Å²) in [7, 11) is 0. The Morgan fingerprint density at radius 3 is 1.85 bits per heavy atom. The first-order chi connectivity index (χ1) is 24.6. The monoisotopic (exact) mass is 784 g/mol. The lowest BCUT2D eigenvalue weighted by Gasteiger charge is -2.29. The molecule has 3 aromatic carbocycles. The van der Waals surface area contributed by atoms with E-state index in [9.17, 15) is 9.59 Å². The van der Waals surface area contributed by atoms with Gasteiger partial charge in [-0.15, -0.1) is 0 Å². The van der Waals surface area contributed by atoms with E-state index >= 15 is 0 Å². The number of hydrogen-bond acceptors (Lipinski definition) is 6. The SMILES string of the molecule is CC(C)(C)OC(=O)N1[C@@H]2C[C@@H]2C[C@H]1c1nc(-c2ccc(-c3ccc4c(c3)c(Cl)cc3[nH]c([C@@H]5C[C@H]6C[C@H]6N5C(=O)OC(C)(C)C)nc34)cc2)c(Br)[nH]1. The van der Waals surface area contributed by atoms with Crippen molar-refractivity contribution in [2.45, 2.75) is 103 Å². The van der Waals surface area contributed by atoms with Crippen LogP contribution in [0.5, 0.6) is 0 Å². The standard InChI is InChI=1S/C40H42BrClN6O4/c1-39(2,3)51-37(49)47-28-14-22(28)16-30(47)35-43-27-18-26(42)25-13-21(11-12-24(25)33(27)45-35)19-7-9-20(10-8-19)32-34(41)46-36(44-32)31-17-23-15-29(23)48(31)38(50)52-40(4,5)6/h7-13,18,22-23,28-31H,14-17H2,1-6H3,(H,43,45)(H,44,46)/t22-,23-,28-,29-,30+,31+/m1/s1. The van der Waals surface area contributed by atoms with Crippen molar-refractivity contribution in [1.29, 1.82) is 0 Å². The molecule has 0 spiro atoms. The van der Waals surface area contributed by atoms with Crippen molar-refractivity contribution >= 4 is 61.5 Å². The van der Waals surface area contributed by atoms with E-state index in [1.54, 1.807) is 0 Å². The molecule has 2 aliphatic heterocycles. The molecule has 270 valence electrons. The summed E-state index contributed by atoms with van der Waals surface area (Å²) >= 11 is 10.6. The van der Waals surface area contributed by atoms with E-state index in [4.69, 9.17) is 31.0 Å². The zero-order chi connectivity index (χ0) is 36.4. The van der Waals surface area contributed by atoms with E-state index in [0.717, 1.165) is 86.1 Å². The normalized spacial score (nSPS) is 25.1. The van der Waals surface area contributed by atoms with Crippen molar-refractivity contribution in [2.24, 2.45) is 11.8 Å². The maximum absolute atomic E-state index is 13.2. The number of fused-ring (bicyclic) bond motifs is 5. The molecule has 6 atom stereocenters. The molecule has 52 heavy (non-hydrogen) atoms. The van der Waals surface area contributed by atoms with Crippen molar-refractivity contribution in [3.8, 4) is 22.4 Å². The highest BCUT2D eigenvalue weighted by Gasteiger charge is 2.57. The Bertz CT molecular complexity index is 2270. The number of benzene rings is 3. The molecular weight excluding hydrogens is 744 g/mol. The predicted octanol–water partition coefficient (Wildman–Crippen LogP) is 10.3. The first-order valence-corrected chi connectivity index (χ1v) is 19.3. The number of nitrogens with one attached hydrogen (secondary N) is 2. The molecule has 5 aromatic rings. The summed E-state index contributed by atoms with van der Waals surface area (Å²) in [6.07, 6.45) is 3.23. The molecule has 0 unspecified atom stereocenters. The molecule has 4 fully saturated rings. The van der Waals surface area contributed by atoms with E-state index in [0.29, 0.717) is 16.9 Å². The molecule has 2 aliphatic carbocycles. The van der Waals surface area contributed by atoms with Crippen molar-refractivity contribution in [1.82, 2.24) is 29.7 Å². The van der Waals surface area contributed by atoms with Gasteiger partial charge in [-0.05, 0) is 118 Å². The van der Waals surface area contributed by atoms with Gasteiger partial charge in [0, 0.05) is 28.4 Å². The zero-order valence-electron chi connectivity index (χ0n) is 30.1. The number of aromatic nitrogens is 4. The van der Waals surface area contributed by atoms with Crippen LogP contribution in [0.3, 0.4) is 0 Å². The van der Waals surface area contributed by atoms with Crippen LogP contribution in [0.4, 0.5) is 9.59 Å². The number of amides is 2. The van der Waals surface area contributed by atoms with Crippen molar-refractivity contribution in [3.05, 3.63) is 69.8 Å². The van der Waals surface area contributed by atoms with E-state index in [-0.39, 0.29) is 36.4 Å². The summed E-state index contributed by atoms with van der Waals surface area (Å²) in [6.45, 7) is 11.4. The number of hydrogen-bond donors (Lipinski definition) is 2. The second kappa shape index (κ2) is 11.7. The number of ether oxygens (including phenoxy) is 2. The number of carbonyl (C=O) groups excluding carboxylic acids is 2. The number of piperidine rings is 2. The second-order valence-corrected chi connectivity index (χ2v) is 18.1. The van der Waals surface area contributed by atoms with Crippen LogP contribution >= 0.6 is 27.5 Å². The van der Waals surface area contributed by atoms with Gasteiger partial charge in [0.2, 0.25) is 0 Å². The Hall–Kier alpha value is -4.09. The minimum absolute atomic E-state index is 0.143. The third-order valence-electron chi connectivity index (χ3n) is 10.8. The van der Waals surface area contributed by atoms with Crippen LogP contribution in [-0.2, 0) is 9.47 Å². The fraction of sp³-hybridized carbons (Fsp3) is 0.450. The zero-order valence-corrected chi connectivity index (χ0v) is 32.4. The summed E-state index contributed by atoms with van der Waals surface area (Å²) in [4.78, 5) is 47.1. The van der Waals surface area contributed by atoms with Crippen LogP contribution in [0, 0.1) is 11.8 Å². The van der Waals surface area contributed by atoms with Crippen LogP contribution in [0.25, 0.3) is 44.2 Å². The number of imidazole rings is 2. The number of nitrogens with zero attached hydrogens (tertiary/aromatic N) is 4. The van der Waals surface area contributed by atoms with Gasteiger partial charge in [0.15, 0.2) is 0 Å². The Morgan fingerprint density at radius 1 is 0.731 bits per heavy atom. The van der Waals surface area contributed by atoms with Gasteiger partial charge in [0.25, 0.3) is 0 Å². The van der Waals surface area contributed by atoms with E-state index in [2.05, 4.69) is 68.4 Å². The fourth-order valence-corrected chi connectivity index (χ4v) is 9.09. The van der Waals surface area contributed by atoms with Gasteiger partial charge in [0.05, 0.1) is 28.1 Å². The van der Waals surface area contributed by atoms with Gasteiger partial charge in [-0.2, -0.15) is 0 Å². The van der Waals surface area contributed by atoms with Crippen molar-refractivity contribution in [2.75, 3.05) is 0 Å². The molecular formula is C40H42BrClN6O4. The van der Waals surface area contributed by atoms with Crippen molar-refractivity contribution in [3.63, 3.8) is 0 Å². The molecule has 12 heteroatoms. The van der Waals surface area contributed by atoms with E-state index in [1.165, 1.54) is 0 Å². The highest BCUT2D eigenvalue weighted by Crippen LogP contribution is 2.55. The Labute approximate surface area is 315 Å². The maximum Gasteiger partial charge on any atom is 0.411 e. The minimum Gasteiger partial charge on any atom is -0.444 e. The first-order valence-electron chi connectivity index (χ1n) is 18.1. The van der Waals surface area contributed by atoms with Crippen LogP contribution < -0.4 is 0 Å². The topological polar surface area (TPSA) is 116 Å². The van der Waals surface area contributed by atoms with Gasteiger partial charge in [-0.3, -0.25) is 9.80 Å². The van der Waals surface area contributed by atoms with Gasteiger partial charge in [0.1, 0.15) is 33.1 Å². The average Bonchev–Trinajstić information content (AvgIpc) is 3.74. The molecule has 2 amide bonds. The largest absolute Gasteiger partial charge is 0.444 e. The number of halogens is 2. The molecule has 2 N–H and O–H groups in total. The maximum atomic E-state index is 13.2. The van der Waals surface area contributed by atoms with E-state index in [1.807, 2.05) is 57.4 Å². The van der Waals surface area contributed by atoms with Crippen LogP contribution in [-0.4, -0.2) is 65.2 Å². The lowest BCUT2D eigenvalue weighted by Crippen LogP contribution is -2.38. The Kier molecular flexibility index (Phi) is 7.59. The lowest BCUT2D eigenvalue weighted by atomic mass is 9.99. The van der Waals surface area contributed by atoms with Gasteiger partial charge >= 0.3 is 12.2 Å². The van der Waals surface area contributed by atoms with Gasteiger partial charge < -0.3 is 19.4 Å². The number of rotatable bonds is 4. The molecule has 4 aliphatic rings. The van der Waals surface area contributed by atoms with Crippen LogP contribution in [0.2, 0.25) is 5.02 Å². The highest BCUT2D eigenvalue weighted by atomic mass is 79.9. The second-order valence-electron chi connectivity index (χ2n) is 16.9. The lowest BCUT2D eigenvalue weighted by molar-refractivity contribution is 0.0164. The van der Waals surface area contributed by atoms with Gasteiger partial charge in [-0.1, -0.05) is 48.0 Å². The molecule has 10 nitrogen and oxygen atoms in total. The summed E-state index contributed by atoms with van der Waals surface area (Å²) in [5, 5.41) is 2.50. The average molecular weight is 786 g/mol. The summed E-state index contributed by atoms with van der Waals surface area (Å²) in [5.74, 6) is 2.52. The predicted molar refractivity (Wildman–Crippen MR) is 204 cm³/mol. The minimum atomic E-state index is -0.564. The molecule has 9 rings (SSSR count).